The molecule has 0 aliphatic heterocycles. The Hall–Kier alpha value is -3.22. The number of halogens is 1. The van der Waals surface area contributed by atoms with Gasteiger partial charge in [0, 0.05) is 36.1 Å². The van der Waals surface area contributed by atoms with Gasteiger partial charge in [0.05, 0.1) is 18.1 Å². The number of aryl methyl sites for hydroxylation is 1. The summed E-state index contributed by atoms with van der Waals surface area (Å²) in [4.78, 5) is 4.42. The average molecular weight is 322 g/mol. The fourth-order valence-corrected chi connectivity index (χ4v) is 2.54. The van der Waals surface area contributed by atoms with E-state index in [2.05, 4.69) is 20.5 Å². The molecule has 6 nitrogen and oxygen atoms in total. The highest BCUT2D eigenvalue weighted by atomic mass is 19.1. The van der Waals surface area contributed by atoms with Crippen molar-refractivity contribution >= 4 is 11.5 Å². The predicted octanol–water partition coefficient (Wildman–Crippen LogP) is 2.97. The summed E-state index contributed by atoms with van der Waals surface area (Å²) in [5.74, 6) is 0.612. The zero-order valence-corrected chi connectivity index (χ0v) is 13.0. The van der Waals surface area contributed by atoms with E-state index in [1.807, 2.05) is 25.3 Å². The van der Waals surface area contributed by atoms with Crippen LogP contribution in [0.25, 0.3) is 11.3 Å². The van der Waals surface area contributed by atoms with Gasteiger partial charge >= 0.3 is 0 Å². The molecule has 0 spiro atoms. The fraction of sp³-hybridized carbons (Fsp3) is 0.118. The van der Waals surface area contributed by atoms with Gasteiger partial charge in [0.1, 0.15) is 11.6 Å². The van der Waals surface area contributed by atoms with Gasteiger partial charge in [0.15, 0.2) is 5.65 Å². The normalized spacial score (nSPS) is 11.1. The summed E-state index contributed by atoms with van der Waals surface area (Å²) in [6, 6.07) is 10.0. The zero-order valence-electron chi connectivity index (χ0n) is 13.0. The van der Waals surface area contributed by atoms with Crippen LogP contribution in [0.15, 0.2) is 55.0 Å². The largest absolute Gasteiger partial charge is 0.366 e. The number of nitrogens with one attached hydrogen (secondary N) is 1. The van der Waals surface area contributed by atoms with Crippen LogP contribution in [0.5, 0.6) is 0 Å². The molecule has 0 aliphatic rings. The van der Waals surface area contributed by atoms with Crippen molar-refractivity contribution in [1.29, 1.82) is 0 Å². The maximum absolute atomic E-state index is 13.0. The lowest BCUT2D eigenvalue weighted by molar-refractivity contribution is 0.627. The monoisotopic (exact) mass is 322 g/mol. The summed E-state index contributed by atoms with van der Waals surface area (Å²) in [5, 5.41) is 11.9. The second-order valence-corrected chi connectivity index (χ2v) is 5.51. The van der Waals surface area contributed by atoms with Crippen LogP contribution in [0, 0.1) is 12.7 Å². The van der Waals surface area contributed by atoms with Gasteiger partial charge in [-0.3, -0.25) is 0 Å². The predicted molar refractivity (Wildman–Crippen MR) is 88.6 cm³/mol. The molecule has 4 aromatic rings. The highest BCUT2D eigenvalue weighted by Gasteiger charge is 2.06. The lowest BCUT2D eigenvalue weighted by atomic mass is 10.3. The molecule has 1 aromatic carbocycles. The first-order valence-corrected chi connectivity index (χ1v) is 7.54. The van der Waals surface area contributed by atoms with Gasteiger partial charge in [0.25, 0.3) is 0 Å². The minimum Gasteiger partial charge on any atom is -0.366 e. The molecule has 0 amide bonds. The van der Waals surface area contributed by atoms with Crippen LogP contribution in [0.3, 0.4) is 0 Å². The quantitative estimate of drug-likeness (QED) is 0.627. The third-order valence-corrected chi connectivity index (χ3v) is 3.69. The first-order chi connectivity index (χ1) is 11.7. The second kappa shape index (κ2) is 5.77. The van der Waals surface area contributed by atoms with Crippen LogP contribution < -0.4 is 5.32 Å². The lowest BCUT2D eigenvalue weighted by Gasteiger charge is -2.08. The highest BCUT2D eigenvalue weighted by molar-refractivity contribution is 5.49. The van der Waals surface area contributed by atoms with E-state index in [9.17, 15) is 4.39 Å². The van der Waals surface area contributed by atoms with E-state index < -0.39 is 0 Å². The number of anilines is 1. The van der Waals surface area contributed by atoms with E-state index in [-0.39, 0.29) is 5.82 Å². The molecule has 4 rings (SSSR count). The van der Waals surface area contributed by atoms with Crippen LogP contribution in [0.1, 0.15) is 11.3 Å². The lowest BCUT2D eigenvalue weighted by Crippen LogP contribution is -2.06. The molecule has 0 aliphatic carbocycles. The van der Waals surface area contributed by atoms with Crippen molar-refractivity contribution in [2.24, 2.45) is 0 Å². The first-order valence-electron chi connectivity index (χ1n) is 7.54. The van der Waals surface area contributed by atoms with Gasteiger partial charge < -0.3 is 5.32 Å². The summed E-state index contributed by atoms with van der Waals surface area (Å²) < 4.78 is 16.5. The van der Waals surface area contributed by atoms with Crippen LogP contribution in [-0.4, -0.2) is 24.4 Å². The van der Waals surface area contributed by atoms with Crippen molar-refractivity contribution in [2.45, 2.75) is 13.5 Å². The molecule has 0 radical (unpaired) electrons. The first kappa shape index (κ1) is 14.4. The van der Waals surface area contributed by atoms with E-state index in [1.165, 1.54) is 12.1 Å². The zero-order chi connectivity index (χ0) is 16.5. The molecule has 0 saturated heterocycles. The molecule has 0 fully saturated rings. The molecule has 3 heterocycles. The Morgan fingerprint density at radius 2 is 1.96 bits per heavy atom. The van der Waals surface area contributed by atoms with Gasteiger partial charge in [-0.15, -0.1) is 0 Å². The van der Waals surface area contributed by atoms with Crippen LogP contribution in [0.2, 0.25) is 0 Å². The van der Waals surface area contributed by atoms with Gasteiger partial charge in [0.2, 0.25) is 0 Å². The molecular weight excluding hydrogens is 307 g/mol. The second-order valence-electron chi connectivity index (χ2n) is 5.51. The molecule has 0 unspecified atom stereocenters. The Labute approximate surface area is 137 Å². The van der Waals surface area contributed by atoms with E-state index >= 15 is 0 Å². The van der Waals surface area contributed by atoms with Crippen LogP contribution in [-0.2, 0) is 6.54 Å². The van der Waals surface area contributed by atoms with E-state index in [4.69, 9.17) is 0 Å². The number of benzene rings is 1. The van der Waals surface area contributed by atoms with Gasteiger partial charge in [-0.05, 0) is 31.2 Å². The maximum Gasteiger partial charge on any atom is 0.157 e. The Morgan fingerprint density at radius 3 is 2.79 bits per heavy atom. The Morgan fingerprint density at radius 1 is 1.12 bits per heavy atom. The van der Waals surface area contributed by atoms with Crippen molar-refractivity contribution in [3.63, 3.8) is 0 Å². The van der Waals surface area contributed by atoms with Crippen molar-refractivity contribution in [3.05, 3.63) is 72.1 Å². The van der Waals surface area contributed by atoms with E-state index in [0.717, 1.165) is 28.4 Å². The molecule has 0 saturated carbocycles. The Balaban J connectivity index is 1.54. The maximum atomic E-state index is 13.0. The molecule has 24 heavy (non-hydrogen) atoms. The molecule has 120 valence electrons. The number of hydrogen-bond acceptors (Lipinski definition) is 4. The van der Waals surface area contributed by atoms with Crippen LogP contribution in [0.4, 0.5) is 10.2 Å². The van der Waals surface area contributed by atoms with Crippen LogP contribution >= 0.6 is 0 Å². The summed E-state index contributed by atoms with van der Waals surface area (Å²) in [5.41, 5.74) is 3.55. The smallest absolute Gasteiger partial charge is 0.157 e. The summed E-state index contributed by atoms with van der Waals surface area (Å²) >= 11 is 0. The summed E-state index contributed by atoms with van der Waals surface area (Å²) in [7, 11) is 0. The minimum absolute atomic E-state index is 0.260. The van der Waals surface area contributed by atoms with Crippen molar-refractivity contribution < 1.29 is 4.39 Å². The molecular formula is C17H15FN6. The molecule has 3 aromatic heterocycles. The molecule has 7 heteroatoms. The summed E-state index contributed by atoms with van der Waals surface area (Å²) in [6.45, 7) is 2.55. The van der Waals surface area contributed by atoms with E-state index in [0.29, 0.717) is 6.54 Å². The number of aromatic nitrogens is 5. The van der Waals surface area contributed by atoms with Crippen molar-refractivity contribution in [3.8, 4) is 5.69 Å². The minimum atomic E-state index is -0.260. The molecule has 0 atom stereocenters. The van der Waals surface area contributed by atoms with Gasteiger partial charge in [-0.25, -0.2) is 14.1 Å². The number of nitrogens with zero attached hydrogens (tertiary/aromatic N) is 5. The standard InChI is InChI=1S/C17H15FN6/c1-12-8-17(24-16(22-12)6-7-20-24)19-9-13-10-21-23(11-13)15-4-2-14(18)3-5-15/h2-8,10-11,19H,9H2,1H3. The third kappa shape index (κ3) is 2.71. The summed E-state index contributed by atoms with van der Waals surface area (Å²) in [6.07, 6.45) is 5.42. The third-order valence-electron chi connectivity index (χ3n) is 3.69. The van der Waals surface area contributed by atoms with Gasteiger partial charge in [-0.1, -0.05) is 0 Å². The van der Waals surface area contributed by atoms with E-state index in [1.54, 1.807) is 33.7 Å². The van der Waals surface area contributed by atoms with Gasteiger partial charge in [-0.2, -0.15) is 14.7 Å². The number of hydrogen-bond donors (Lipinski definition) is 1. The highest BCUT2D eigenvalue weighted by Crippen LogP contribution is 2.14. The average Bonchev–Trinajstić information content (AvgIpc) is 3.22. The number of fused-ring (bicyclic) bond motifs is 1. The fourth-order valence-electron chi connectivity index (χ4n) is 2.54. The van der Waals surface area contributed by atoms with Crippen molar-refractivity contribution in [1.82, 2.24) is 24.4 Å². The Kier molecular flexibility index (Phi) is 3.45. The number of rotatable bonds is 4. The molecule has 1 N–H and O–H groups in total. The SMILES string of the molecule is Cc1cc(NCc2cnn(-c3ccc(F)cc3)c2)n2nccc2n1. The van der Waals surface area contributed by atoms with Crippen molar-refractivity contribution in [2.75, 3.05) is 5.32 Å². The molecule has 0 bridgehead atoms. The Bertz CT molecular complexity index is 986. The topological polar surface area (TPSA) is 60.0 Å².